The van der Waals surface area contributed by atoms with E-state index in [0.717, 1.165) is 12.0 Å². The average Bonchev–Trinajstić information content (AvgIpc) is 2.46. The van der Waals surface area contributed by atoms with Crippen LogP contribution in [-0.4, -0.2) is 12.1 Å². The molecule has 2 rings (SSSR count). The highest BCUT2D eigenvalue weighted by molar-refractivity contribution is 5.87. The van der Waals surface area contributed by atoms with E-state index in [1.165, 1.54) is 12.8 Å². The van der Waals surface area contributed by atoms with Crippen molar-refractivity contribution in [3.63, 3.8) is 0 Å². The number of carbonyl (C=O) groups is 1. The monoisotopic (exact) mass is 286 g/mol. The van der Waals surface area contributed by atoms with Crippen molar-refractivity contribution < 1.29 is 9.53 Å². The fourth-order valence-corrected chi connectivity index (χ4v) is 3.17. The van der Waals surface area contributed by atoms with Crippen molar-refractivity contribution in [2.45, 2.75) is 46.1 Å². The first kappa shape index (κ1) is 15.8. The summed E-state index contributed by atoms with van der Waals surface area (Å²) >= 11 is 0. The molecule has 0 amide bonds. The molecule has 1 aliphatic rings. The van der Waals surface area contributed by atoms with Crippen LogP contribution in [0.15, 0.2) is 36.4 Å². The summed E-state index contributed by atoms with van der Waals surface area (Å²) in [6.45, 7) is 6.69. The van der Waals surface area contributed by atoms with Gasteiger partial charge in [-0.05, 0) is 42.2 Å². The quantitative estimate of drug-likeness (QED) is 0.592. The first-order valence-corrected chi connectivity index (χ1v) is 8.00. The maximum atomic E-state index is 12.1. The third-order valence-corrected chi connectivity index (χ3v) is 4.44. The lowest BCUT2D eigenvalue weighted by Crippen LogP contribution is -2.35. The summed E-state index contributed by atoms with van der Waals surface area (Å²) in [4.78, 5) is 12.1. The summed E-state index contributed by atoms with van der Waals surface area (Å²) in [6.07, 6.45) is 6.84. The van der Waals surface area contributed by atoms with Gasteiger partial charge in [-0.3, -0.25) is 0 Å². The lowest BCUT2D eigenvalue weighted by molar-refractivity contribution is -0.149. The Bertz CT molecular complexity index is 476. The van der Waals surface area contributed by atoms with Gasteiger partial charge in [-0.2, -0.15) is 0 Å². The third kappa shape index (κ3) is 4.73. The molecule has 3 atom stereocenters. The predicted molar refractivity (Wildman–Crippen MR) is 86.7 cm³/mol. The molecule has 0 unspecified atom stereocenters. The number of benzene rings is 1. The van der Waals surface area contributed by atoms with Crippen LogP contribution in [0.1, 0.15) is 45.6 Å². The molecule has 0 bridgehead atoms. The Kier molecular flexibility index (Phi) is 5.60. The molecule has 0 aromatic heterocycles. The summed E-state index contributed by atoms with van der Waals surface area (Å²) in [5.41, 5.74) is 1.02. The van der Waals surface area contributed by atoms with Gasteiger partial charge in [0.25, 0.3) is 0 Å². The van der Waals surface area contributed by atoms with Gasteiger partial charge in [0.05, 0.1) is 0 Å². The van der Waals surface area contributed by atoms with E-state index >= 15 is 0 Å². The number of hydrogen-bond donors (Lipinski definition) is 0. The van der Waals surface area contributed by atoms with Gasteiger partial charge in [0.1, 0.15) is 6.10 Å². The molecular formula is C19H26O2. The van der Waals surface area contributed by atoms with Gasteiger partial charge in [-0.25, -0.2) is 4.79 Å². The van der Waals surface area contributed by atoms with Gasteiger partial charge in [0.15, 0.2) is 0 Å². The van der Waals surface area contributed by atoms with E-state index in [0.29, 0.717) is 17.8 Å². The van der Waals surface area contributed by atoms with Crippen molar-refractivity contribution in [1.29, 1.82) is 0 Å². The molecule has 1 aromatic rings. The molecule has 0 radical (unpaired) electrons. The number of carbonyl (C=O) groups excluding carboxylic acids is 1. The molecule has 0 saturated heterocycles. The third-order valence-electron chi connectivity index (χ3n) is 4.44. The van der Waals surface area contributed by atoms with Gasteiger partial charge in [-0.1, -0.05) is 57.5 Å². The highest BCUT2D eigenvalue weighted by Crippen LogP contribution is 2.35. The van der Waals surface area contributed by atoms with Crippen LogP contribution in [0.4, 0.5) is 0 Å². The molecule has 0 aliphatic heterocycles. The lowest BCUT2D eigenvalue weighted by atomic mass is 9.75. The van der Waals surface area contributed by atoms with Crippen LogP contribution in [0.25, 0.3) is 6.08 Å². The summed E-state index contributed by atoms with van der Waals surface area (Å²) in [5, 5.41) is 0. The highest BCUT2D eigenvalue weighted by atomic mass is 16.5. The van der Waals surface area contributed by atoms with Gasteiger partial charge in [0, 0.05) is 6.08 Å². The highest BCUT2D eigenvalue weighted by Gasteiger charge is 2.32. The van der Waals surface area contributed by atoms with E-state index in [4.69, 9.17) is 4.74 Å². The van der Waals surface area contributed by atoms with E-state index in [9.17, 15) is 4.79 Å². The minimum absolute atomic E-state index is 0.0710. The largest absolute Gasteiger partial charge is 0.459 e. The van der Waals surface area contributed by atoms with Crippen LogP contribution in [0, 0.1) is 17.8 Å². The second-order valence-corrected chi connectivity index (χ2v) is 6.55. The van der Waals surface area contributed by atoms with Crippen LogP contribution in [0.2, 0.25) is 0 Å². The first-order valence-electron chi connectivity index (χ1n) is 8.00. The average molecular weight is 286 g/mol. The van der Waals surface area contributed by atoms with E-state index in [1.54, 1.807) is 6.08 Å². The fourth-order valence-electron chi connectivity index (χ4n) is 3.17. The Hall–Kier alpha value is -1.57. The van der Waals surface area contributed by atoms with E-state index < -0.39 is 0 Å². The van der Waals surface area contributed by atoms with Gasteiger partial charge >= 0.3 is 5.97 Å². The van der Waals surface area contributed by atoms with Crippen molar-refractivity contribution >= 4 is 12.0 Å². The van der Waals surface area contributed by atoms with Crippen molar-refractivity contribution in [1.82, 2.24) is 0 Å². The number of hydrogen-bond acceptors (Lipinski definition) is 2. The van der Waals surface area contributed by atoms with Gasteiger partial charge in [0.2, 0.25) is 0 Å². The molecule has 1 aliphatic carbocycles. The van der Waals surface area contributed by atoms with Crippen molar-refractivity contribution in [3.8, 4) is 0 Å². The first-order chi connectivity index (χ1) is 10.1. The Morgan fingerprint density at radius 3 is 2.62 bits per heavy atom. The van der Waals surface area contributed by atoms with Crippen LogP contribution in [0.3, 0.4) is 0 Å². The van der Waals surface area contributed by atoms with Crippen molar-refractivity contribution in [2.24, 2.45) is 17.8 Å². The summed E-state index contributed by atoms with van der Waals surface area (Å²) in [7, 11) is 0. The number of ether oxygens (including phenoxy) is 1. The summed E-state index contributed by atoms with van der Waals surface area (Å²) in [5.74, 6) is 1.49. The Balaban J connectivity index is 1.95. The number of rotatable bonds is 4. The van der Waals surface area contributed by atoms with Crippen molar-refractivity contribution in [3.05, 3.63) is 42.0 Å². The molecular weight excluding hydrogens is 260 g/mol. The van der Waals surface area contributed by atoms with E-state index in [-0.39, 0.29) is 12.1 Å². The molecule has 114 valence electrons. The van der Waals surface area contributed by atoms with Crippen LogP contribution >= 0.6 is 0 Å². The van der Waals surface area contributed by atoms with Gasteiger partial charge < -0.3 is 4.74 Å². The molecule has 2 heteroatoms. The van der Waals surface area contributed by atoms with Crippen LogP contribution in [0.5, 0.6) is 0 Å². The Morgan fingerprint density at radius 1 is 1.24 bits per heavy atom. The zero-order valence-corrected chi connectivity index (χ0v) is 13.3. The molecule has 1 fully saturated rings. The predicted octanol–water partition coefficient (Wildman–Crippen LogP) is 4.70. The zero-order chi connectivity index (χ0) is 15.2. The zero-order valence-electron chi connectivity index (χ0n) is 13.3. The molecule has 1 aromatic carbocycles. The second kappa shape index (κ2) is 7.44. The summed E-state index contributed by atoms with van der Waals surface area (Å²) in [6, 6.07) is 9.84. The topological polar surface area (TPSA) is 26.3 Å². The molecule has 0 heterocycles. The summed E-state index contributed by atoms with van der Waals surface area (Å²) < 4.78 is 5.73. The van der Waals surface area contributed by atoms with E-state index in [1.807, 2.05) is 36.4 Å². The maximum absolute atomic E-state index is 12.1. The SMILES string of the molecule is CC(C)[C@@H]1CC[C@@H](C)C[C@@H]1OC(=O)/C=C/c1ccccc1. The maximum Gasteiger partial charge on any atom is 0.331 e. The van der Waals surface area contributed by atoms with Crippen molar-refractivity contribution in [2.75, 3.05) is 0 Å². The standard InChI is InChI=1S/C19H26O2/c1-14(2)17-11-9-15(3)13-18(17)21-19(20)12-10-16-7-5-4-6-8-16/h4-8,10,12,14-15,17-18H,9,11,13H2,1-3H3/b12-10+/t15-,17+,18+/m1/s1. The minimum atomic E-state index is -0.219. The van der Waals surface area contributed by atoms with E-state index in [2.05, 4.69) is 20.8 Å². The minimum Gasteiger partial charge on any atom is -0.459 e. The molecule has 2 nitrogen and oxygen atoms in total. The fraction of sp³-hybridized carbons (Fsp3) is 0.526. The smallest absolute Gasteiger partial charge is 0.331 e. The molecule has 21 heavy (non-hydrogen) atoms. The molecule has 0 spiro atoms. The normalized spacial score (nSPS) is 26.2. The van der Waals surface area contributed by atoms with Crippen LogP contribution in [-0.2, 0) is 9.53 Å². The lowest BCUT2D eigenvalue weighted by Gasteiger charge is -2.36. The Morgan fingerprint density at radius 2 is 1.95 bits per heavy atom. The molecule has 1 saturated carbocycles. The Labute approximate surface area is 128 Å². The van der Waals surface area contributed by atoms with Gasteiger partial charge in [-0.15, -0.1) is 0 Å². The molecule has 0 N–H and O–H groups in total. The second-order valence-electron chi connectivity index (χ2n) is 6.55. The van der Waals surface area contributed by atoms with Crippen LogP contribution < -0.4 is 0 Å². The number of esters is 1.